The lowest BCUT2D eigenvalue weighted by Crippen LogP contribution is -1.77. The summed E-state index contributed by atoms with van der Waals surface area (Å²) in [7, 11) is 0.417. The van der Waals surface area contributed by atoms with E-state index in [0.717, 1.165) is 0 Å². The summed E-state index contributed by atoms with van der Waals surface area (Å²) in [6.45, 7) is 0. The average molecular weight is 80.1 g/mol. The van der Waals surface area contributed by atoms with Crippen LogP contribution in [0.4, 0.5) is 0 Å². The zero-order valence-electron chi connectivity index (χ0n) is 2.26. The highest BCUT2D eigenvalue weighted by Gasteiger charge is 1.50. The van der Waals surface area contributed by atoms with Crippen LogP contribution in [0.15, 0.2) is 0 Å². The van der Waals surface area contributed by atoms with E-state index in [9.17, 15) is 0 Å². The maximum atomic E-state index is 7.19. The molecule has 0 rings (SSSR count). The lowest BCUT2D eigenvalue weighted by Gasteiger charge is -1.76. The summed E-state index contributed by atoms with van der Waals surface area (Å²) in [4.78, 5) is 0. The van der Waals surface area contributed by atoms with Gasteiger partial charge in [-0.25, -0.2) is 5.26 Å². The molecule has 0 aromatic rings. The topological polar surface area (TPSA) is 38.7 Å². The van der Waals surface area contributed by atoms with Gasteiger partial charge in [-0.3, -0.25) is 4.58 Å². The standard InChI is InChI=1S/H4O3Si/c1-2-3-4/h1H,4H3. The van der Waals surface area contributed by atoms with Gasteiger partial charge in [-0.2, -0.15) is 0 Å². The van der Waals surface area contributed by atoms with Crippen molar-refractivity contribution in [3.63, 3.8) is 0 Å². The summed E-state index contributed by atoms with van der Waals surface area (Å²) in [5.41, 5.74) is 0. The molecule has 0 saturated heterocycles. The molecule has 1 N–H and O–H groups in total. The molecule has 0 amide bonds. The molecule has 0 saturated carbocycles. The molecule has 26 valence electrons. The quantitative estimate of drug-likeness (QED) is 0.241. The molecule has 0 atom stereocenters. The zero-order chi connectivity index (χ0) is 3.41. The Morgan fingerprint density at radius 3 is 2.00 bits per heavy atom. The molecule has 0 aliphatic carbocycles. The van der Waals surface area contributed by atoms with E-state index in [0.29, 0.717) is 10.5 Å². The molecule has 4 heteroatoms. The van der Waals surface area contributed by atoms with Crippen LogP contribution in [0.1, 0.15) is 0 Å². The van der Waals surface area contributed by atoms with Gasteiger partial charge in [0.25, 0.3) is 0 Å². The molecule has 0 aliphatic heterocycles. The van der Waals surface area contributed by atoms with Gasteiger partial charge in [-0.1, -0.05) is 5.04 Å². The van der Waals surface area contributed by atoms with Crippen molar-refractivity contribution < 1.29 is 14.9 Å². The van der Waals surface area contributed by atoms with Gasteiger partial charge in [0.2, 0.25) is 0 Å². The van der Waals surface area contributed by atoms with Crippen LogP contribution in [0, 0.1) is 0 Å². The second-order valence-corrected chi connectivity index (χ2v) is 0.575. The summed E-state index contributed by atoms with van der Waals surface area (Å²) < 4.78 is 3.74. The van der Waals surface area contributed by atoms with Crippen LogP contribution in [-0.2, 0) is 9.61 Å². The first-order chi connectivity index (χ1) is 1.91. The Labute approximate surface area is 26.5 Å². The van der Waals surface area contributed by atoms with Crippen LogP contribution in [0.2, 0.25) is 0 Å². The van der Waals surface area contributed by atoms with E-state index in [2.05, 4.69) is 9.61 Å². The molecule has 0 heterocycles. The number of hydrogen-bond acceptors (Lipinski definition) is 3. The fraction of sp³-hybridized carbons (Fsp3) is 0. The van der Waals surface area contributed by atoms with Crippen molar-refractivity contribution >= 4 is 10.5 Å². The third-order valence-corrected chi connectivity index (χ3v) is 0.224. The molecule has 0 aliphatic rings. The summed E-state index contributed by atoms with van der Waals surface area (Å²) in [5.74, 6) is 0. The number of hydrogen-bond donors (Lipinski definition) is 1. The van der Waals surface area contributed by atoms with Crippen molar-refractivity contribution in [3.05, 3.63) is 0 Å². The lowest BCUT2D eigenvalue weighted by molar-refractivity contribution is -0.439. The number of rotatable bonds is 1. The van der Waals surface area contributed by atoms with Gasteiger partial charge in [0.1, 0.15) is 0 Å². The van der Waals surface area contributed by atoms with Gasteiger partial charge in [0.15, 0.2) is 10.5 Å². The minimum absolute atomic E-state index is 0.417. The van der Waals surface area contributed by atoms with Gasteiger partial charge < -0.3 is 0 Å². The Balaban J connectivity index is 1.97. The summed E-state index contributed by atoms with van der Waals surface area (Å²) in [6.07, 6.45) is 0. The first-order valence-corrected chi connectivity index (χ1v) is 1.57. The summed E-state index contributed by atoms with van der Waals surface area (Å²) in [6, 6.07) is 0. The molecule has 0 fully saturated rings. The van der Waals surface area contributed by atoms with Crippen molar-refractivity contribution in [2.75, 3.05) is 0 Å². The van der Waals surface area contributed by atoms with Crippen molar-refractivity contribution in [1.82, 2.24) is 0 Å². The zero-order valence-corrected chi connectivity index (χ0v) is 4.26. The average Bonchev–Trinajstić information content (AvgIpc) is 1.37. The normalized spacial score (nSPS) is 8.25. The van der Waals surface area contributed by atoms with Crippen molar-refractivity contribution in [2.45, 2.75) is 0 Å². The Kier molecular flexibility index (Phi) is 3.17. The Hall–Kier alpha value is 0.0969. The van der Waals surface area contributed by atoms with E-state index in [-0.39, 0.29) is 0 Å². The summed E-state index contributed by atoms with van der Waals surface area (Å²) >= 11 is 0. The Morgan fingerprint density at radius 1 is 1.75 bits per heavy atom. The van der Waals surface area contributed by atoms with Gasteiger partial charge in [0.05, 0.1) is 0 Å². The molecule has 4 heavy (non-hydrogen) atoms. The first kappa shape index (κ1) is 4.10. The smallest absolute Gasteiger partial charge is 0.197 e. The van der Waals surface area contributed by atoms with Crippen LogP contribution in [0.5, 0.6) is 0 Å². The van der Waals surface area contributed by atoms with E-state index in [1.165, 1.54) is 0 Å². The highest BCUT2D eigenvalue weighted by molar-refractivity contribution is 5.97. The maximum Gasteiger partial charge on any atom is 0.197 e. The SMILES string of the molecule is OOO[SiH3]. The molecular formula is H4O3Si. The molecule has 3 nitrogen and oxygen atoms in total. The van der Waals surface area contributed by atoms with Gasteiger partial charge in [-0.05, 0) is 0 Å². The van der Waals surface area contributed by atoms with E-state index in [1.54, 1.807) is 0 Å². The van der Waals surface area contributed by atoms with E-state index < -0.39 is 0 Å². The molecule has 0 bridgehead atoms. The largest absolute Gasteiger partial charge is 0.269 e. The molecule has 0 aromatic carbocycles. The van der Waals surface area contributed by atoms with Crippen LogP contribution >= 0.6 is 0 Å². The monoisotopic (exact) mass is 80.0 g/mol. The summed E-state index contributed by atoms with van der Waals surface area (Å²) in [5, 5.41) is 10.3. The van der Waals surface area contributed by atoms with E-state index in [1.807, 2.05) is 0 Å². The van der Waals surface area contributed by atoms with E-state index >= 15 is 0 Å². The maximum absolute atomic E-state index is 7.19. The minimum atomic E-state index is 0.417. The second kappa shape index (κ2) is 3.10. The Bertz CT molecular complexity index is 5.25. The predicted octanol–water partition coefficient (Wildman–Crippen LogP) is -1.31. The molecule has 0 unspecified atom stereocenters. The van der Waals surface area contributed by atoms with Crippen molar-refractivity contribution in [3.8, 4) is 0 Å². The van der Waals surface area contributed by atoms with Crippen molar-refractivity contribution in [2.24, 2.45) is 0 Å². The molecule has 0 spiro atoms. The van der Waals surface area contributed by atoms with Crippen LogP contribution in [0.25, 0.3) is 0 Å². The fourth-order valence-electron chi connectivity index (χ4n) is 0. The fourth-order valence-corrected chi connectivity index (χ4v) is 0. The van der Waals surface area contributed by atoms with Crippen LogP contribution in [0.3, 0.4) is 0 Å². The Morgan fingerprint density at radius 2 is 2.00 bits per heavy atom. The lowest BCUT2D eigenvalue weighted by atomic mass is 14.6. The predicted molar refractivity (Wildman–Crippen MR) is 14.7 cm³/mol. The minimum Gasteiger partial charge on any atom is -0.269 e. The molecular weight excluding hydrogens is 76.1 g/mol. The van der Waals surface area contributed by atoms with Gasteiger partial charge >= 0.3 is 0 Å². The third-order valence-electron chi connectivity index (χ3n) is 0.0745. The third kappa shape index (κ3) is 2.10. The molecule has 0 aromatic heterocycles. The van der Waals surface area contributed by atoms with Crippen LogP contribution in [-0.4, -0.2) is 15.7 Å². The first-order valence-electron chi connectivity index (χ1n) is 0.757. The highest BCUT2D eigenvalue weighted by Crippen LogP contribution is 1.48. The highest BCUT2D eigenvalue weighted by atomic mass is 28.2. The van der Waals surface area contributed by atoms with Gasteiger partial charge in [-0.15, -0.1) is 0 Å². The molecule has 0 radical (unpaired) electrons. The van der Waals surface area contributed by atoms with E-state index in [4.69, 9.17) is 5.26 Å². The van der Waals surface area contributed by atoms with Crippen molar-refractivity contribution in [1.29, 1.82) is 0 Å². The van der Waals surface area contributed by atoms with Crippen LogP contribution < -0.4 is 0 Å². The van der Waals surface area contributed by atoms with Gasteiger partial charge in [0, 0.05) is 0 Å². The second-order valence-electron chi connectivity index (χ2n) is 0.241.